The van der Waals surface area contributed by atoms with Gasteiger partial charge >= 0.3 is 6.01 Å². The van der Waals surface area contributed by atoms with E-state index >= 15 is 0 Å². The van der Waals surface area contributed by atoms with Gasteiger partial charge in [-0.3, -0.25) is 0 Å². The Labute approximate surface area is 151 Å². The Hall–Kier alpha value is -3.09. The second-order valence-corrected chi connectivity index (χ2v) is 6.23. The molecule has 0 spiro atoms. The highest BCUT2D eigenvalue weighted by molar-refractivity contribution is 5.82. The highest BCUT2D eigenvalue weighted by atomic mass is 16.5. The normalized spacial score (nSPS) is 16.2. The van der Waals surface area contributed by atoms with E-state index in [-0.39, 0.29) is 0 Å². The molecule has 2 aliphatic rings. The standard InChI is InChI=1S/C19H21N5O2/c1-13-21-16-17(20)22-19-23-18(16)24(13)12-14-6-8-15(9-7-14)25-10-4-2-3-5-11-26-19/h2,4,6-9H,3,5,10-12H2,1H3,(H2,20,22,23)/b4-2+. The lowest BCUT2D eigenvalue weighted by molar-refractivity contribution is 0.289. The molecule has 2 aliphatic heterocycles. The zero-order valence-corrected chi connectivity index (χ0v) is 14.7. The van der Waals surface area contributed by atoms with Crippen molar-refractivity contribution in [3.8, 4) is 11.8 Å². The molecule has 2 N–H and O–H groups in total. The van der Waals surface area contributed by atoms with Crippen molar-refractivity contribution in [2.75, 3.05) is 18.9 Å². The summed E-state index contributed by atoms with van der Waals surface area (Å²) in [5.41, 5.74) is 8.50. The van der Waals surface area contributed by atoms with Crippen LogP contribution in [0.3, 0.4) is 0 Å². The third-order valence-corrected chi connectivity index (χ3v) is 4.32. The Morgan fingerprint density at radius 2 is 1.88 bits per heavy atom. The van der Waals surface area contributed by atoms with Gasteiger partial charge in [-0.25, -0.2) is 4.98 Å². The molecule has 1 aromatic carbocycles. The summed E-state index contributed by atoms with van der Waals surface area (Å²) in [5, 5.41) is 0. The Balaban J connectivity index is 1.76. The summed E-state index contributed by atoms with van der Waals surface area (Å²) in [4.78, 5) is 13.3. The van der Waals surface area contributed by atoms with Crippen LogP contribution in [0.1, 0.15) is 24.2 Å². The number of allylic oxidation sites excluding steroid dienone is 1. The minimum absolute atomic E-state index is 0.295. The van der Waals surface area contributed by atoms with Gasteiger partial charge in [0.15, 0.2) is 17.0 Å². The van der Waals surface area contributed by atoms with Crippen LogP contribution in [0.4, 0.5) is 5.82 Å². The Morgan fingerprint density at radius 1 is 1.04 bits per heavy atom. The zero-order chi connectivity index (χ0) is 17.9. The molecule has 4 bridgehead atoms. The summed E-state index contributed by atoms with van der Waals surface area (Å²) in [7, 11) is 0. The summed E-state index contributed by atoms with van der Waals surface area (Å²) in [6, 6.07) is 8.35. The predicted octanol–water partition coefficient (Wildman–Crippen LogP) is 2.87. The van der Waals surface area contributed by atoms with Gasteiger partial charge in [-0.2, -0.15) is 9.97 Å². The van der Waals surface area contributed by atoms with E-state index < -0.39 is 0 Å². The number of nitrogens with two attached hydrogens (primary N) is 1. The van der Waals surface area contributed by atoms with Gasteiger partial charge in [0.25, 0.3) is 0 Å². The number of ether oxygens (including phenoxy) is 2. The highest BCUT2D eigenvalue weighted by Crippen LogP contribution is 2.23. The van der Waals surface area contributed by atoms with Crippen LogP contribution in [-0.4, -0.2) is 32.7 Å². The lowest BCUT2D eigenvalue weighted by Crippen LogP contribution is -2.06. The Bertz CT molecular complexity index is 947. The summed E-state index contributed by atoms with van der Waals surface area (Å²) in [6.07, 6.45) is 5.88. The summed E-state index contributed by atoms with van der Waals surface area (Å²) < 4.78 is 13.4. The first-order chi connectivity index (χ1) is 12.7. The minimum Gasteiger partial charge on any atom is -0.490 e. The fourth-order valence-corrected chi connectivity index (χ4v) is 2.93. The van der Waals surface area contributed by atoms with Gasteiger partial charge in [-0.15, -0.1) is 0 Å². The quantitative estimate of drug-likeness (QED) is 0.627. The van der Waals surface area contributed by atoms with Gasteiger partial charge < -0.3 is 19.8 Å². The van der Waals surface area contributed by atoms with E-state index in [0.717, 1.165) is 30.0 Å². The molecule has 0 radical (unpaired) electrons. The maximum Gasteiger partial charge on any atom is 0.320 e. The molecule has 134 valence electrons. The van der Waals surface area contributed by atoms with E-state index in [4.69, 9.17) is 15.2 Å². The van der Waals surface area contributed by atoms with Crippen LogP contribution in [-0.2, 0) is 6.54 Å². The number of rotatable bonds is 0. The van der Waals surface area contributed by atoms with Crippen LogP contribution < -0.4 is 15.2 Å². The van der Waals surface area contributed by atoms with Crippen LogP contribution in [0.25, 0.3) is 11.2 Å². The van der Waals surface area contributed by atoms with E-state index in [2.05, 4.69) is 21.0 Å². The van der Waals surface area contributed by atoms with Crippen molar-refractivity contribution < 1.29 is 9.47 Å². The molecule has 7 heteroatoms. The van der Waals surface area contributed by atoms with Gasteiger partial charge in [0.1, 0.15) is 18.2 Å². The van der Waals surface area contributed by atoms with Crippen LogP contribution in [0.2, 0.25) is 0 Å². The first-order valence-corrected chi connectivity index (χ1v) is 8.70. The van der Waals surface area contributed by atoms with Gasteiger partial charge in [-0.1, -0.05) is 24.3 Å². The molecule has 0 saturated heterocycles. The van der Waals surface area contributed by atoms with Crippen LogP contribution >= 0.6 is 0 Å². The molecular formula is C19H21N5O2. The third kappa shape index (κ3) is 3.33. The largest absolute Gasteiger partial charge is 0.490 e. The molecule has 0 fully saturated rings. The molecule has 0 unspecified atom stereocenters. The fraction of sp³-hybridized carbons (Fsp3) is 0.316. The number of aromatic nitrogens is 4. The molecule has 0 atom stereocenters. The van der Waals surface area contributed by atoms with E-state index in [0.29, 0.717) is 42.8 Å². The molecular weight excluding hydrogens is 330 g/mol. The summed E-state index contributed by atoms with van der Waals surface area (Å²) in [6.45, 7) is 3.66. The number of benzene rings is 1. The summed E-state index contributed by atoms with van der Waals surface area (Å²) in [5.74, 6) is 2.03. The maximum atomic E-state index is 6.08. The lowest BCUT2D eigenvalue weighted by Gasteiger charge is -2.09. The van der Waals surface area contributed by atoms with Gasteiger partial charge in [0.2, 0.25) is 0 Å². The molecule has 26 heavy (non-hydrogen) atoms. The predicted molar refractivity (Wildman–Crippen MR) is 99.4 cm³/mol. The van der Waals surface area contributed by atoms with Crippen molar-refractivity contribution in [2.45, 2.75) is 26.3 Å². The topological polar surface area (TPSA) is 88.1 Å². The van der Waals surface area contributed by atoms with Crippen molar-refractivity contribution >= 4 is 17.0 Å². The third-order valence-electron chi connectivity index (χ3n) is 4.32. The first kappa shape index (κ1) is 16.4. The van der Waals surface area contributed by atoms with Crippen molar-refractivity contribution in [1.82, 2.24) is 19.5 Å². The number of anilines is 1. The molecule has 5 rings (SSSR count). The van der Waals surface area contributed by atoms with Crippen molar-refractivity contribution in [3.63, 3.8) is 0 Å². The lowest BCUT2D eigenvalue weighted by atomic mass is 10.2. The monoisotopic (exact) mass is 351 g/mol. The summed E-state index contributed by atoms with van der Waals surface area (Å²) >= 11 is 0. The van der Waals surface area contributed by atoms with Gasteiger partial charge in [0.05, 0.1) is 13.2 Å². The average molecular weight is 351 g/mol. The van der Waals surface area contributed by atoms with Crippen LogP contribution in [0.5, 0.6) is 11.8 Å². The molecule has 0 saturated carbocycles. The maximum absolute atomic E-state index is 6.08. The van der Waals surface area contributed by atoms with Crippen molar-refractivity contribution in [2.24, 2.45) is 0 Å². The van der Waals surface area contributed by atoms with Crippen molar-refractivity contribution in [3.05, 3.63) is 47.8 Å². The SMILES string of the molecule is Cc1nc2c(N)nc3nc2n1Cc1ccc(cc1)OC/C=C/CCCO3. The van der Waals surface area contributed by atoms with Gasteiger partial charge in [-0.05, 0) is 37.5 Å². The molecule has 7 nitrogen and oxygen atoms in total. The average Bonchev–Trinajstić information content (AvgIpc) is 2.95. The van der Waals surface area contributed by atoms with Crippen LogP contribution in [0, 0.1) is 6.92 Å². The number of fused-ring (bicyclic) bond motifs is 8. The fourth-order valence-electron chi connectivity index (χ4n) is 2.93. The molecule has 3 aromatic rings. The van der Waals surface area contributed by atoms with Crippen LogP contribution in [0.15, 0.2) is 36.4 Å². The number of hydrogen-bond acceptors (Lipinski definition) is 6. The van der Waals surface area contributed by atoms with E-state index in [9.17, 15) is 0 Å². The highest BCUT2D eigenvalue weighted by Gasteiger charge is 2.15. The number of nitrogens with zero attached hydrogens (tertiary/aromatic N) is 4. The number of imidazole rings is 1. The molecule has 2 aromatic heterocycles. The second-order valence-electron chi connectivity index (χ2n) is 6.23. The minimum atomic E-state index is 0.295. The Morgan fingerprint density at radius 3 is 2.73 bits per heavy atom. The number of hydrogen-bond donors (Lipinski definition) is 1. The smallest absolute Gasteiger partial charge is 0.320 e. The molecule has 4 heterocycles. The molecule has 0 aliphatic carbocycles. The number of nitrogen functional groups attached to an aromatic ring is 1. The van der Waals surface area contributed by atoms with Crippen molar-refractivity contribution in [1.29, 1.82) is 0 Å². The zero-order valence-electron chi connectivity index (χ0n) is 14.7. The Kier molecular flexibility index (Phi) is 4.43. The van der Waals surface area contributed by atoms with E-state index in [1.54, 1.807) is 0 Å². The first-order valence-electron chi connectivity index (χ1n) is 8.70. The van der Waals surface area contributed by atoms with E-state index in [1.807, 2.05) is 41.8 Å². The van der Waals surface area contributed by atoms with E-state index in [1.165, 1.54) is 0 Å². The second kappa shape index (κ2) is 7.03. The number of aryl methyl sites for hydroxylation is 1. The van der Waals surface area contributed by atoms with Gasteiger partial charge in [0, 0.05) is 0 Å². The molecule has 0 amide bonds.